The van der Waals surface area contributed by atoms with E-state index in [0.717, 1.165) is 12.8 Å². The molecular weight excluding hydrogens is 184 g/mol. The molecule has 0 unspecified atom stereocenters. The molecule has 2 N–H and O–H groups in total. The first-order valence-corrected chi connectivity index (χ1v) is 4.97. The van der Waals surface area contributed by atoms with Crippen LogP contribution in [0, 0.1) is 0 Å². The van der Waals surface area contributed by atoms with E-state index in [1.807, 2.05) is 0 Å². The van der Waals surface area contributed by atoms with Gasteiger partial charge in [0, 0.05) is 13.1 Å². The number of nitrogens with two attached hydrogens (primary N) is 1. The summed E-state index contributed by atoms with van der Waals surface area (Å²) >= 11 is 0. The van der Waals surface area contributed by atoms with Gasteiger partial charge in [-0.2, -0.15) is 13.6 Å². The van der Waals surface area contributed by atoms with Crippen molar-refractivity contribution in [1.82, 2.24) is 4.90 Å². The van der Waals surface area contributed by atoms with Crippen LogP contribution in [0.5, 0.6) is 0 Å². The molecule has 1 aliphatic rings. The first kappa shape index (κ1) is 9.27. The molecule has 1 rings (SSSR count). The standard InChI is InChI=1S/C5H10N2O4S/c6-12(9,10)11-5(8)7-3-1-2-4-7/h1-4H2,(H2,6,9,10). The second-order valence-electron chi connectivity index (χ2n) is 2.54. The van der Waals surface area contributed by atoms with Gasteiger partial charge in [-0.3, -0.25) is 0 Å². The maximum atomic E-state index is 10.9. The molecule has 70 valence electrons. The second kappa shape index (κ2) is 3.28. The van der Waals surface area contributed by atoms with Crippen molar-refractivity contribution in [3.8, 4) is 0 Å². The van der Waals surface area contributed by atoms with Crippen LogP contribution in [-0.2, 0) is 14.5 Å². The van der Waals surface area contributed by atoms with Crippen LogP contribution in [0.3, 0.4) is 0 Å². The second-order valence-corrected chi connectivity index (χ2v) is 3.69. The molecule has 6 nitrogen and oxygen atoms in total. The van der Waals surface area contributed by atoms with E-state index in [-0.39, 0.29) is 0 Å². The Bertz CT molecular complexity index is 267. The predicted octanol–water partition coefficient (Wildman–Crippen LogP) is -0.578. The largest absolute Gasteiger partial charge is 0.426 e. The van der Waals surface area contributed by atoms with Gasteiger partial charge < -0.3 is 9.08 Å². The van der Waals surface area contributed by atoms with Crippen molar-refractivity contribution in [2.45, 2.75) is 12.8 Å². The lowest BCUT2D eigenvalue weighted by Crippen LogP contribution is -2.32. The van der Waals surface area contributed by atoms with Gasteiger partial charge >= 0.3 is 16.4 Å². The van der Waals surface area contributed by atoms with Crippen molar-refractivity contribution < 1.29 is 17.4 Å². The van der Waals surface area contributed by atoms with Crippen LogP contribution in [0.2, 0.25) is 0 Å². The Kier molecular flexibility index (Phi) is 2.53. The van der Waals surface area contributed by atoms with E-state index in [0.29, 0.717) is 13.1 Å². The molecule has 0 aromatic carbocycles. The Balaban J connectivity index is 2.48. The molecule has 0 aliphatic carbocycles. The van der Waals surface area contributed by atoms with Crippen LogP contribution >= 0.6 is 0 Å². The van der Waals surface area contributed by atoms with E-state index in [4.69, 9.17) is 0 Å². The highest BCUT2D eigenvalue weighted by Gasteiger charge is 2.22. The Labute approximate surface area is 70.5 Å². The fourth-order valence-electron chi connectivity index (χ4n) is 1.05. The summed E-state index contributed by atoms with van der Waals surface area (Å²) in [6.07, 6.45) is 0.870. The third-order valence-electron chi connectivity index (χ3n) is 1.55. The molecule has 1 heterocycles. The van der Waals surface area contributed by atoms with E-state index in [1.54, 1.807) is 0 Å². The maximum Gasteiger partial charge on any atom is 0.426 e. The van der Waals surface area contributed by atoms with Gasteiger partial charge in [-0.25, -0.2) is 4.79 Å². The molecule has 1 saturated heterocycles. The zero-order chi connectivity index (χ0) is 9.19. The van der Waals surface area contributed by atoms with Gasteiger partial charge in [0.25, 0.3) is 0 Å². The zero-order valence-electron chi connectivity index (χ0n) is 6.39. The number of hydrogen-bond acceptors (Lipinski definition) is 4. The average molecular weight is 194 g/mol. The Morgan fingerprint density at radius 1 is 1.33 bits per heavy atom. The summed E-state index contributed by atoms with van der Waals surface area (Å²) in [7, 11) is -4.15. The third-order valence-corrected chi connectivity index (χ3v) is 1.93. The van der Waals surface area contributed by atoms with E-state index in [1.165, 1.54) is 4.90 Å². The van der Waals surface area contributed by atoms with Crippen molar-refractivity contribution in [3.05, 3.63) is 0 Å². The Hall–Kier alpha value is -0.820. The number of amides is 1. The summed E-state index contributed by atoms with van der Waals surface area (Å²) in [5.41, 5.74) is 0. The molecule has 0 atom stereocenters. The van der Waals surface area contributed by atoms with Gasteiger partial charge in [-0.15, -0.1) is 0 Å². The van der Waals surface area contributed by atoms with Crippen LogP contribution in [0.25, 0.3) is 0 Å². The smallest absolute Gasteiger partial charge is 0.316 e. The first-order valence-electron chi connectivity index (χ1n) is 3.50. The van der Waals surface area contributed by atoms with E-state index in [9.17, 15) is 13.2 Å². The molecule has 0 saturated carbocycles. The number of rotatable bonds is 1. The van der Waals surface area contributed by atoms with Gasteiger partial charge in [0.05, 0.1) is 0 Å². The third kappa shape index (κ3) is 2.67. The minimum atomic E-state index is -4.15. The summed E-state index contributed by atoms with van der Waals surface area (Å²) in [4.78, 5) is 12.2. The van der Waals surface area contributed by atoms with Crippen LogP contribution < -0.4 is 5.14 Å². The fourth-order valence-corrected chi connectivity index (χ4v) is 1.36. The molecule has 0 radical (unpaired) electrons. The minimum absolute atomic E-state index is 0.536. The molecule has 0 aromatic rings. The van der Waals surface area contributed by atoms with Crippen molar-refractivity contribution in [1.29, 1.82) is 0 Å². The van der Waals surface area contributed by atoms with Crippen LogP contribution in [0.1, 0.15) is 12.8 Å². The SMILES string of the molecule is NS(=O)(=O)OC(=O)N1CCCC1. The lowest BCUT2D eigenvalue weighted by molar-refractivity contribution is 0.165. The lowest BCUT2D eigenvalue weighted by atomic mass is 10.4. The van der Waals surface area contributed by atoms with Gasteiger partial charge in [-0.1, -0.05) is 0 Å². The molecule has 1 amide bonds. The molecule has 7 heteroatoms. The van der Waals surface area contributed by atoms with Crippen molar-refractivity contribution in [3.63, 3.8) is 0 Å². The van der Waals surface area contributed by atoms with Crippen LogP contribution in [0.15, 0.2) is 0 Å². The molecule has 0 spiro atoms. The zero-order valence-corrected chi connectivity index (χ0v) is 7.21. The molecule has 1 fully saturated rings. The van der Waals surface area contributed by atoms with E-state index >= 15 is 0 Å². The van der Waals surface area contributed by atoms with Crippen LogP contribution in [0.4, 0.5) is 4.79 Å². The lowest BCUT2D eigenvalue weighted by Gasteiger charge is -2.12. The molecular formula is C5H10N2O4S. The normalized spacial score (nSPS) is 17.9. The summed E-state index contributed by atoms with van der Waals surface area (Å²) in [5.74, 6) is 0. The molecule has 0 aromatic heterocycles. The molecule has 12 heavy (non-hydrogen) atoms. The van der Waals surface area contributed by atoms with E-state index < -0.39 is 16.4 Å². The topological polar surface area (TPSA) is 89.7 Å². The number of nitrogens with zero attached hydrogens (tertiary/aromatic N) is 1. The number of likely N-dealkylation sites (tertiary alicyclic amines) is 1. The van der Waals surface area contributed by atoms with Gasteiger partial charge in [0.1, 0.15) is 0 Å². The van der Waals surface area contributed by atoms with Gasteiger partial charge in [-0.05, 0) is 12.8 Å². The molecule has 1 aliphatic heterocycles. The fraction of sp³-hybridized carbons (Fsp3) is 0.800. The van der Waals surface area contributed by atoms with Crippen molar-refractivity contribution in [2.24, 2.45) is 5.14 Å². The highest BCUT2D eigenvalue weighted by Crippen LogP contribution is 2.09. The monoisotopic (exact) mass is 194 g/mol. The first-order chi connectivity index (χ1) is 5.49. The maximum absolute atomic E-state index is 10.9. The van der Waals surface area contributed by atoms with Crippen molar-refractivity contribution in [2.75, 3.05) is 13.1 Å². The summed E-state index contributed by atoms with van der Waals surface area (Å²) < 4.78 is 24.6. The van der Waals surface area contributed by atoms with Gasteiger partial charge in [0.15, 0.2) is 0 Å². The van der Waals surface area contributed by atoms with Crippen LogP contribution in [-0.4, -0.2) is 32.5 Å². The quantitative estimate of drug-likeness (QED) is 0.604. The summed E-state index contributed by atoms with van der Waals surface area (Å²) in [5, 5.41) is 4.51. The number of carbonyl (C=O) groups excluding carboxylic acids is 1. The van der Waals surface area contributed by atoms with Gasteiger partial charge in [0.2, 0.25) is 0 Å². The summed E-state index contributed by atoms with van der Waals surface area (Å²) in [6, 6.07) is 0. The highest BCUT2D eigenvalue weighted by atomic mass is 32.2. The Morgan fingerprint density at radius 3 is 2.25 bits per heavy atom. The number of carbonyl (C=O) groups is 1. The minimum Gasteiger partial charge on any atom is -0.316 e. The predicted molar refractivity (Wildman–Crippen MR) is 40.4 cm³/mol. The summed E-state index contributed by atoms with van der Waals surface area (Å²) in [6.45, 7) is 1.07. The highest BCUT2D eigenvalue weighted by molar-refractivity contribution is 7.84. The van der Waals surface area contributed by atoms with Crippen molar-refractivity contribution >= 4 is 16.4 Å². The number of hydrogen-bond donors (Lipinski definition) is 1. The molecule has 0 bridgehead atoms. The Morgan fingerprint density at radius 2 is 1.83 bits per heavy atom. The van der Waals surface area contributed by atoms with E-state index in [2.05, 4.69) is 9.32 Å². The average Bonchev–Trinajstić information content (AvgIpc) is 2.32.